The lowest BCUT2D eigenvalue weighted by atomic mass is 9.68. The van der Waals surface area contributed by atoms with Crippen LogP contribution in [0.1, 0.15) is 34.7 Å². The van der Waals surface area contributed by atoms with Crippen molar-refractivity contribution in [3.8, 4) is 11.5 Å². The number of rotatable bonds is 4. The zero-order valence-corrected chi connectivity index (χ0v) is 15.5. The topological polar surface area (TPSA) is 149 Å². The zero-order valence-electron chi connectivity index (χ0n) is 15.5. The fourth-order valence-electron chi connectivity index (χ4n) is 4.61. The maximum Gasteiger partial charge on any atom is 0.434 e. The molecule has 0 spiro atoms. The van der Waals surface area contributed by atoms with Gasteiger partial charge in [-0.1, -0.05) is 18.3 Å². The van der Waals surface area contributed by atoms with Gasteiger partial charge in [-0.15, -0.1) is 0 Å². The van der Waals surface area contributed by atoms with E-state index >= 15 is 0 Å². The predicted molar refractivity (Wildman–Crippen MR) is 98.7 cm³/mol. The van der Waals surface area contributed by atoms with Crippen LogP contribution in [0.4, 0.5) is 0 Å². The molecule has 3 fully saturated rings. The monoisotopic (exact) mass is 405 g/mol. The summed E-state index contributed by atoms with van der Waals surface area (Å²) >= 11 is 0. The maximum atomic E-state index is 12.4. The molecule has 1 aromatic carbocycles. The molecule has 4 atom stereocenters. The normalized spacial score (nSPS) is 31.9. The van der Waals surface area contributed by atoms with Crippen molar-refractivity contribution in [2.45, 2.75) is 42.8 Å². The highest BCUT2D eigenvalue weighted by molar-refractivity contribution is 6.62. The van der Waals surface area contributed by atoms with Crippen LogP contribution in [0.2, 0.25) is 5.82 Å². The quantitative estimate of drug-likeness (QED) is 0.393. The number of carbonyl (C=O) groups is 2. The van der Waals surface area contributed by atoms with Crippen molar-refractivity contribution in [3.63, 3.8) is 0 Å². The van der Waals surface area contributed by atoms with E-state index in [-0.39, 0.29) is 35.0 Å². The number of carboxylic acid groups (broad SMARTS) is 1. The number of aliphatic hydroxyl groups excluding tert-OH is 1. The first-order chi connectivity index (χ1) is 13.7. The number of amides is 1. The largest absolute Gasteiger partial charge is 0.669 e. The van der Waals surface area contributed by atoms with Gasteiger partial charge in [0.05, 0.1) is 31.0 Å². The molecule has 5 rings (SSSR count). The standard InChI is InChI=1S/C18H22BN2O8/c22-8-3-13(20-5-8)17(23)21-6-9(7-21)28-14-2-1-10-11-4-12(11)19(26,27)29-16(10)15(14)18(24)25/h1-2,8-9,11-13,20,22,26-27H,3-7H2,(H,24,25)/q-1/t8-,11?,12-,13+/m1/s1. The molecule has 4 aliphatic rings. The number of nitrogens with zero attached hydrogens (tertiary/aromatic N) is 1. The lowest BCUT2D eigenvalue weighted by Gasteiger charge is -2.41. The second-order valence-electron chi connectivity index (χ2n) is 8.38. The Morgan fingerprint density at radius 1 is 1.24 bits per heavy atom. The van der Waals surface area contributed by atoms with E-state index in [1.807, 2.05) is 0 Å². The summed E-state index contributed by atoms with van der Waals surface area (Å²) in [7, 11) is 0. The van der Waals surface area contributed by atoms with E-state index in [1.165, 1.54) is 0 Å². The SMILES string of the molecule is O=C(O)c1c(OC2CN(C(=O)[C@@H]3C[C@@H](O)CN3)C2)ccc2c1O[B-](O)(O)[C@@H]1CC21. The first kappa shape index (κ1) is 18.7. The molecule has 0 aromatic heterocycles. The van der Waals surface area contributed by atoms with Gasteiger partial charge in [-0.3, -0.25) is 4.79 Å². The van der Waals surface area contributed by atoms with E-state index < -0.39 is 30.7 Å². The van der Waals surface area contributed by atoms with Crippen molar-refractivity contribution in [2.75, 3.05) is 19.6 Å². The summed E-state index contributed by atoms with van der Waals surface area (Å²) in [4.78, 5) is 25.9. The minimum atomic E-state index is -3.09. The van der Waals surface area contributed by atoms with Gasteiger partial charge < -0.3 is 39.9 Å². The Kier molecular flexibility index (Phi) is 4.08. The summed E-state index contributed by atoms with van der Waals surface area (Å²) in [5.41, 5.74) is 0.421. The van der Waals surface area contributed by atoms with Gasteiger partial charge in [0, 0.05) is 6.54 Å². The number of hydrogen-bond donors (Lipinski definition) is 5. The summed E-state index contributed by atoms with van der Waals surface area (Å²) in [6, 6.07) is 2.86. The minimum absolute atomic E-state index is 0.0462. The van der Waals surface area contributed by atoms with Crippen LogP contribution in [0.3, 0.4) is 0 Å². The number of β-amino-alcohol motifs (C(OH)–C–C–N with tert-alkyl or cyclic N) is 1. The van der Waals surface area contributed by atoms with Gasteiger partial charge in [-0.25, -0.2) is 4.79 Å². The molecule has 11 heteroatoms. The molecule has 156 valence electrons. The summed E-state index contributed by atoms with van der Waals surface area (Å²) in [6.07, 6.45) is 0.0178. The number of aromatic carboxylic acids is 1. The molecule has 1 unspecified atom stereocenters. The molecule has 3 aliphatic heterocycles. The Labute approximate surface area is 166 Å². The van der Waals surface area contributed by atoms with Crippen LogP contribution in [0, 0.1) is 0 Å². The smallest absolute Gasteiger partial charge is 0.434 e. The van der Waals surface area contributed by atoms with E-state index in [4.69, 9.17) is 9.39 Å². The summed E-state index contributed by atoms with van der Waals surface area (Å²) in [5.74, 6) is -1.87. The van der Waals surface area contributed by atoms with E-state index in [1.54, 1.807) is 17.0 Å². The first-order valence-corrected chi connectivity index (χ1v) is 9.80. The van der Waals surface area contributed by atoms with Gasteiger partial charge in [-0.05, 0) is 24.0 Å². The summed E-state index contributed by atoms with van der Waals surface area (Å²) in [5, 5.41) is 42.4. The van der Waals surface area contributed by atoms with Crippen LogP contribution in [0.25, 0.3) is 0 Å². The second-order valence-corrected chi connectivity index (χ2v) is 8.38. The molecule has 10 nitrogen and oxygen atoms in total. The Balaban J connectivity index is 1.30. The fraction of sp³-hybridized carbons (Fsp3) is 0.556. The number of likely N-dealkylation sites (tertiary alicyclic amines) is 1. The average Bonchev–Trinajstić information content (AvgIpc) is 3.32. The van der Waals surface area contributed by atoms with Crippen molar-refractivity contribution in [1.29, 1.82) is 0 Å². The van der Waals surface area contributed by atoms with Crippen molar-refractivity contribution in [1.82, 2.24) is 10.2 Å². The molecular weight excluding hydrogens is 383 g/mol. The minimum Gasteiger partial charge on any atom is -0.669 e. The van der Waals surface area contributed by atoms with Crippen molar-refractivity contribution in [3.05, 3.63) is 23.3 Å². The van der Waals surface area contributed by atoms with E-state index in [0.29, 0.717) is 38.0 Å². The third-order valence-electron chi connectivity index (χ3n) is 6.31. The highest BCUT2D eigenvalue weighted by atomic mass is 16.6. The number of nitrogens with one attached hydrogen (secondary N) is 1. The number of fused-ring (bicyclic) bond motifs is 3. The Morgan fingerprint density at radius 3 is 2.66 bits per heavy atom. The van der Waals surface area contributed by atoms with Gasteiger partial charge in [0.15, 0.2) is 0 Å². The molecule has 1 aromatic rings. The van der Waals surface area contributed by atoms with Crippen LogP contribution < -0.4 is 14.7 Å². The number of aliphatic hydroxyl groups is 1. The van der Waals surface area contributed by atoms with Crippen LogP contribution in [0.5, 0.6) is 11.5 Å². The van der Waals surface area contributed by atoms with E-state index in [0.717, 1.165) is 0 Å². The molecule has 29 heavy (non-hydrogen) atoms. The molecule has 0 bridgehead atoms. The molecule has 1 saturated carbocycles. The fourth-order valence-corrected chi connectivity index (χ4v) is 4.61. The number of carbonyl (C=O) groups excluding carboxylic acids is 1. The summed E-state index contributed by atoms with van der Waals surface area (Å²) < 4.78 is 11.1. The lowest BCUT2D eigenvalue weighted by molar-refractivity contribution is -0.142. The van der Waals surface area contributed by atoms with Crippen molar-refractivity contribution < 1.29 is 39.2 Å². The Hall–Kier alpha value is -2.34. The lowest BCUT2D eigenvalue weighted by Crippen LogP contribution is -2.59. The molecule has 2 saturated heterocycles. The molecule has 3 heterocycles. The Morgan fingerprint density at radius 2 is 2.00 bits per heavy atom. The van der Waals surface area contributed by atoms with Gasteiger partial charge in [0.2, 0.25) is 5.91 Å². The number of benzene rings is 1. The van der Waals surface area contributed by atoms with Gasteiger partial charge in [-0.2, -0.15) is 0 Å². The molecule has 5 N–H and O–H groups in total. The molecule has 1 aliphatic carbocycles. The van der Waals surface area contributed by atoms with Crippen molar-refractivity contribution >= 4 is 18.6 Å². The second kappa shape index (κ2) is 6.33. The van der Waals surface area contributed by atoms with Gasteiger partial charge >= 0.3 is 12.7 Å². The summed E-state index contributed by atoms with van der Waals surface area (Å²) in [6.45, 7) is -2.09. The van der Waals surface area contributed by atoms with Crippen LogP contribution in [-0.2, 0) is 4.79 Å². The zero-order chi connectivity index (χ0) is 20.5. The highest BCUT2D eigenvalue weighted by Gasteiger charge is 2.55. The molecule has 1 amide bonds. The average molecular weight is 405 g/mol. The third kappa shape index (κ3) is 3.05. The van der Waals surface area contributed by atoms with Crippen LogP contribution >= 0.6 is 0 Å². The van der Waals surface area contributed by atoms with E-state index in [9.17, 15) is 29.9 Å². The molecule has 0 radical (unpaired) electrons. The number of carboxylic acids is 1. The van der Waals surface area contributed by atoms with E-state index in [2.05, 4.69) is 5.32 Å². The first-order valence-electron chi connectivity index (χ1n) is 9.80. The van der Waals surface area contributed by atoms with Crippen LogP contribution in [0.15, 0.2) is 12.1 Å². The number of ether oxygens (including phenoxy) is 1. The van der Waals surface area contributed by atoms with Crippen molar-refractivity contribution in [2.24, 2.45) is 0 Å². The predicted octanol–water partition coefficient (Wildman–Crippen LogP) is -1.13. The number of hydrogen-bond acceptors (Lipinski definition) is 8. The van der Waals surface area contributed by atoms with Gasteiger partial charge in [0.1, 0.15) is 17.4 Å². The third-order valence-corrected chi connectivity index (χ3v) is 6.31. The Bertz CT molecular complexity index is 887. The maximum absolute atomic E-state index is 12.4. The highest BCUT2D eigenvalue weighted by Crippen LogP contribution is 2.63. The van der Waals surface area contributed by atoms with Gasteiger partial charge in [0.25, 0.3) is 0 Å². The molecular formula is C18H22BN2O8-. The van der Waals surface area contributed by atoms with Crippen LogP contribution in [-0.4, -0.2) is 81.7 Å².